The number of hydrogen-bond acceptors (Lipinski definition) is 3. The zero-order chi connectivity index (χ0) is 21.9. The zero-order valence-electron chi connectivity index (χ0n) is 19.0. The molecule has 3 rings (SSSR count). The monoisotopic (exact) mass is 416 g/mol. The molecule has 4 heteroatoms. The van der Waals surface area contributed by atoms with Crippen molar-refractivity contribution in [3.8, 4) is 17.2 Å². The van der Waals surface area contributed by atoms with E-state index in [1.807, 2.05) is 36.4 Å². The van der Waals surface area contributed by atoms with Crippen LogP contribution in [0.4, 0.5) is 0 Å². The standard InChI is InChI=1S/C27H33BO3/c1-4-7-22-10-16-25(17-11-22)29-28(30-26-18-12-23(8-5-2)13-19-26)31-27-20-14-24(9-6-3)15-21-27/h10-21H,4-9H2,1-3H3. The van der Waals surface area contributed by atoms with Crippen molar-refractivity contribution in [2.45, 2.75) is 59.3 Å². The molecule has 0 N–H and O–H groups in total. The number of aryl methyl sites for hydroxylation is 3. The largest absolute Gasteiger partial charge is 0.864 e. The molecule has 0 aliphatic carbocycles. The average Bonchev–Trinajstić information content (AvgIpc) is 2.78. The van der Waals surface area contributed by atoms with Gasteiger partial charge in [-0.05, 0) is 72.4 Å². The predicted molar refractivity (Wildman–Crippen MR) is 129 cm³/mol. The Morgan fingerprint density at radius 2 is 0.710 bits per heavy atom. The van der Waals surface area contributed by atoms with E-state index in [-0.39, 0.29) is 0 Å². The Balaban J connectivity index is 1.73. The average molecular weight is 416 g/mol. The maximum Gasteiger partial charge on any atom is 0.864 e. The zero-order valence-corrected chi connectivity index (χ0v) is 19.0. The Labute approximate surface area is 187 Å². The molecule has 3 aromatic carbocycles. The van der Waals surface area contributed by atoms with Gasteiger partial charge in [0.2, 0.25) is 0 Å². The van der Waals surface area contributed by atoms with Crippen LogP contribution in [0.5, 0.6) is 17.2 Å². The molecule has 0 atom stereocenters. The lowest BCUT2D eigenvalue weighted by Crippen LogP contribution is -2.37. The minimum absolute atomic E-state index is 0.718. The van der Waals surface area contributed by atoms with Crippen LogP contribution < -0.4 is 14.0 Å². The molecule has 3 aromatic rings. The van der Waals surface area contributed by atoms with Crippen molar-refractivity contribution in [3.63, 3.8) is 0 Å². The van der Waals surface area contributed by atoms with Crippen LogP contribution in [0.15, 0.2) is 72.8 Å². The molecule has 0 saturated carbocycles. The van der Waals surface area contributed by atoms with Crippen molar-refractivity contribution in [1.29, 1.82) is 0 Å². The molecular weight excluding hydrogens is 383 g/mol. The van der Waals surface area contributed by atoms with Crippen LogP contribution in [0.1, 0.15) is 56.7 Å². The topological polar surface area (TPSA) is 27.7 Å². The Morgan fingerprint density at radius 3 is 0.935 bits per heavy atom. The SMILES string of the molecule is CCCc1ccc(OB(Oc2ccc(CCC)cc2)Oc2ccc(CCC)cc2)cc1. The van der Waals surface area contributed by atoms with Gasteiger partial charge in [-0.1, -0.05) is 76.4 Å². The molecule has 0 aliphatic heterocycles. The van der Waals surface area contributed by atoms with E-state index in [1.165, 1.54) is 16.7 Å². The fourth-order valence-corrected chi connectivity index (χ4v) is 3.48. The molecule has 0 fully saturated rings. The molecule has 3 nitrogen and oxygen atoms in total. The molecule has 31 heavy (non-hydrogen) atoms. The Morgan fingerprint density at radius 1 is 0.452 bits per heavy atom. The van der Waals surface area contributed by atoms with Crippen LogP contribution in [0.3, 0.4) is 0 Å². The summed E-state index contributed by atoms with van der Waals surface area (Å²) in [5.74, 6) is 2.15. The van der Waals surface area contributed by atoms with Gasteiger partial charge >= 0.3 is 7.32 Å². The summed E-state index contributed by atoms with van der Waals surface area (Å²) in [6, 6.07) is 24.4. The number of hydrogen-bond donors (Lipinski definition) is 0. The van der Waals surface area contributed by atoms with Crippen molar-refractivity contribution < 1.29 is 14.0 Å². The quantitative estimate of drug-likeness (QED) is 0.296. The van der Waals surface area contributed by atoms with Gasteiger partial charge in [-0.25, -0.2) is 0 Å². The predicted octanol–water partition coefficient (Wildman–Crippen LogP) is 7.07. The van der Waals surface area contributed by atoms with E-state index in [9.17, 15) is 0 Å². The third-order valence-corrected chi connectivity index (χ3v) is 5.08. The summed E-state index contributed by atoms with van der Waals surface area (Å²) in [7, 11) is -0.883. The van der Waals surface area contributed by atoms with Gasteiger partial charge in [0.1, 0.15) is 17.2 Å². The van der Waals surface area contributed by atoms with E-state index in [1.54, 1.807) is 0 Å². The Hall–Kier alpha value is -2.88. The smallest absolute Gasteiger partial charge is 0.490 e. The first-order chi connectivity index (χ1) is 15.2. The highest BCUT2D eigenvalue weighted by molar-refractivity contribution is 6.39. The van der Waals surface area contributed by atoms with Crippen LogP contribution in [0.25, 0.3) is 0 Å². The van der Waals surface area contributed by atoms with Crippen molar-refractivity contribution >= 4 is 7.32 Å². The van der Waals surface area contributed by atoms with Crippen molar-refractivity contribution in [2.24, 2.45) is 0 Å². The maximum absolute atomic E-state index is 6.07. The van der Waals surface area contributed by atoms with Crippen molar-refractivity contribution in [2.75, 3.05) is 0 Å². The number of benzene rings is 3. The molecule has 0 aliphatic rings. The lowest BCUT2D eigenvalue weighted by atomic mass is 10.1. The second kappa shape index (κ2) is 12.1. The third-order valence-electron chi connectivity index (χ3n) is 5.08. The lowest BCUT2D eigenvalue weighted by Gasteiger charge is -2.17. The first-order valence-electron chi connectivity index (χ1n) is 11.5. The van der Waals surface area contributed by atoms with Crippen molar-refractivity contribution in [3.05, 3.63) is 89.5 Å². The van der Waals surface area contributed by atoms with Crippen LogP contribution in [-0.4, -0.2) is 7.32 Å². The van der Waals surface area contributed by atoms with Gasteiger partial charge in [0, 0.05) is 0 Å². The molecule has 0 saturated heterocycles. The summed E-state index contributed by atoms with van der Waals surface area (Å²) < 4.78 is 18.2. The van der Waals surface area contributed by atoms with E-state index < -0.39 is 7.32 Å². The summed E-state index contributed by atoms with van der Waals surface area (Å²) in [4.78, 5) is 0. The first-order valence-corrected chi connectivity index (χ1v) is 11.5. The van der Waals surface area contributed by atoms with E-state index in [4.69, 9.17) is 14.0 Å². The van der Waals surface area contributed by atoms with E-state index in [0.717, 1.165) is 55.8 Å². The highest BCUT2D eigenvalue weighted by atomic mass is 16.7. The fraction of sp³-hybridized carbons (Fsp3) is 0.333. The Kier molecular flexibility index (Phi) is 8.90. The third kappa shape index (κ3) is 7.39. The minimum Gasteiger partial charge on any atom is -0.490 e. The van der Waals surface area contributed by atoms with Gasteiger partial charge in [-0.15, -0.1) is 0 Å². The highest BCUT2D eigenvalue weighted by Crippen LogP contribution is 2.21. The summed E-state index contributed by atoms with van der Waals surface area (Å²) in [6.45, 7) is 6.54. The molecule has 0 unspecified atom stereocenters. The van der Waals surface area contributed by atoms with Gasteiger partial charge in [0.15, 0.2) is 0 Å². The summed E-state index contributed by atoms with van der Waals surface area (Å²) in [6.07, 6.45) is 6.55. The maximum atomic E-state index is 6.07. The van der Waals surface area contributed by atoms with Crippen molar-refractivity contribution in [1.82, 2.24) is 0 Å². The van der Waals surface area contributed by atoms with E-state index in [0.29, 0.717) is 0 Å². The van der Waals surface area contributed by atoms with E-state index in [2.05, 4.69) is 57.2 Å². The first kappa shape index (κ1) is 22.8. The Bertz CT molecular complexity index is 767. The van der Waals surface area contributed by atoms with Gasteiger partial charge in [0.25, 0.3) is 0 Å². The molecule has 0 aromatic heterocycles. The lowest BCUT2D eigenvalue weighted by molar-refractivity contribution is 0.307. The number of rotatable bonds is 12. The summed E-state index contributed by atoms with van der Waals surface area (Å²) in [5.41, 5.74) is 3.89. The van der Waals surface area contributed by atoms with Gasteiger partial charge < -0.3 is 14.0 Å². The van der Waals surface area contributed by atoms with Crippen LogP contribution >= 0.6 is 0 Å². The second-order valence-electron chi connectivity index (χ2n) is 7.82. The van der Waals surface area contributed by atoms with Crippen LogP contribution in [-0.2, 0) is 19.3 Å². The normalized spacial score (nSPS) is 10.5. The highest BCUT2D eigenvalue weighted by Gasteiger charge is 2.30. The molecule has 0 bridgehead atoms. The molecular formula is C27H33BO3. The molecule has 0 amide bonds. The van der Waals surface area contributed by atoms with E-state index >= 15 is 0 Å². The minimum atomic E-state index is -0.883. The molecule has 0 radical (unpaired) electrons. The molecule has 0 heterocycles. The van der Waals surface area contributed by atoms with Crippen LogP contribution in [0.2, 0.25) is 0 Å². The van der Waals surface area contributed by atoms with Gasteiger partial charge in [-0.3, -0.25) is 0 Å². The van der Waals surface area contributed by atoms with Gasteiger partial charge in [0.05, 0.1) is 0 Å². The second-order valence-corrected chi connectivity index (χ2v) is 7.82. The fourth-order valence-electron chi connectivity index (χ4n) is 3.48. The summed E-state index contributed by atoms with van der Waals surface area (Å²) >= 11 is 0. The van der Waals surface area contributed by atoms with Crippen LogP contribution in [0, 0.1) is 0 Å². The molecule has 162 valence electrons. The van der Waals surface area contributed by atoms with Gasteiger partial charge in [-0.2, -0.15) is 0 Å². The summed E-state index contributed by atoms with van der Waals surface area (Å²) in [5, 5.41) is 0. The molecule has 0 spiro atoms.